The SMILES string of the molecule is CCOC(=O)C(C=NC(N)=S)=C(O)c1ccccc1. The van der Waals surface area contributed by atoms with Crippen molar-refractivity contribution in [1.29, 1.82) is 0 Å². The van der Waals surface area contributed by atoms with Crippen molar-refractivity contribution in [2.75, 3.05) is 6.61 Å². The lowest BCUT2D eigenvalue weighted by molar-refractivity contribution is -0.137. The molecule has 0 spiro atoms. The summed E-state index contributed by atoms with van der Waals surface area (Å²) < 4.78 is 4.85. The average molecular weight is 278 g/mol. The molecule has 0 heterocycles. The van der Waals surface area contributed by atoms with Crippen LogP contribution in [0.3, 0.4) is 0 Å². The Kier molecular flexibility index (Phi) is 5.69. The van der Waals surface area contributed by atoms with E-state index in [1.165, 1.54) is 0 Å². The fourth-order valence-electron chi connectivity index (χ4n) is 1.30. The molecule has 3 N–H and O–H groups in total. The maximum absolute atomic E-state index is 11.8. The van der Waals surface area contributed by atoms with E-state index in [-0.39, 0.29) is 23.1 Å². The Morgan fingerprint density at radius 1 is 1.47 bits per heavy atom. The largest absolute Gasteiger partial charge is 0.506 e. The molecule has 0 bridgehead atoms. The van der Waals surface area contributed by atoms with Crippen molar-refractivity contribution in [3.05, 3.63) is 41.5 Å². The summed E-state index contributed by atoms with van der Waals surface area (Å²) in [5, 5.41) is 9.96. The molecule has 0 aliphatic heterocycles. The van der Waals surface area contributed by atoms with Gasteiger partial charge in [0.2, 0.25) is 0 Å². The topological polar surface area (TPSA) is 84.9 Å². The number of benzene rings is 1. The molecule has 0 fully saturated rings. The van der Waals surface area contributed by atoms with Crippen molar-refractivity contribution in [3.63, 3.8) is 0 Å². The van der Waals surface area contributed by atoms with Crippen molar-refractivity contribution < 1.29 is 14.6 Å². The summed E-state index contributed by atoms with van der Waals surface area (Å²) in [6.07, 6.45) is 1.10. The van der Waals surface area contributed by atoms with Crippen LogP contribution in [-0.2, 0) is 9.53 Å². The van der Waals surface area contributed by atoms with Crippen molar-refractivity contribution in [1.82, 2.24) is 0 Å². The van der Waals surface area contributed by atoms with Gasteiger partial charge in [0.25, 0.3) is 0 Å². The van der Waals surface area contributed by atoms with E-state index in [4.69, 9.17) is 10.5 Å². The molecule has 0 aliphatic rings. The number of rotatable bonds is 4. The number of carbonyl (C=O) groups is 1. The molecule has 100 valence electrons. The lowest BCUT2D eigenvalue weighted by atomic mass is 10.1. The summed E-state index contributed by atoms with van der Waals surface area (Å²) in [6, 6.07) is 8.58. The molecule has 6 heteroatoms. The Hall–Kier alpha value is -2.21. The van der Waals surface area contributed by atoms with Crippen molar-refractivity contribution in [2.45, 2.75) is 6.92 Å². The Bertz CT molecular complexity index is 524. The van der Waals surface area contributed by atoms with Crippen LogP contribution in [0, 0.1) is 0 Å². The summed E-state index contributed by atoms with van der Waals surface area (Å²) in [5.41, 5.74) is 5.61. The van der Waals surface area contributed by atoms with Crippen LogP contribution in [0.4, 0.5) is 0 Å². The second kappa shape index (κ2) is 7.27. The monoisotopic (exact) mass is 278 g/mol. The van der Waals surface area contributed by atoms with Gasteiger partial charge in [-0.1, -0.05) is 30.3 Å². The number of aliphatic imine (C=N–C) groups is 1. The molecule has 0 saturated carbocycles. The van der Waals surface area contributed by atoms with Crippen LogP contribution in [0.25, 0.3) is 5.76 Å². The van der Waals surface area contributed by atoms with E-state index in [1.807, 2.05) is 0 Å². The molecular weight excluding hydrogens is 264 g/mol. The van der Waals surface area contributed by atoms with Gasteiger partial charge in [-0.25, -0.2) is 9.79 Å². The summed E-state index contributed by atoms with van der Waals surface area (Å²) in [4.78, 5) is 15.4. The van der Waals surface area contributed by atoms with Crippen LogP contribution in [0.15, 0.2) is 40.9 Å². The molecule has 5 nitrogen and oxygen atoms in total. The van der Waals surface area contributed by atoms with Crippen LogP contribution < -0.4 is 5.73 Å². The maximum atomic E-state index is 11.8. The van der Waals surface area contributed by atoms with Gasteiger partial charge in [-0.2, -0.15) is 0 Å². The molecule has 0 atom stereocenters. The summed E-state index contributed by atoms with van der Waals surface area (Å²) in [6.45, 7) is 1.85. The first-order chi connectivity index (χ1) is 9.06. The zero-order valence-electron chi connectivity index (χ0n) is 10.4. The van der Waals surface area contributed by atoms with Crippen molar-refractivity contribution in [2.24, 2.45) is 10.7 Å². The Labute approximate surface area is 116 Å². The van der Waals surface area contributed by atoms with Crippen LogP contribution in [0.5, 0.6) is 0 Å². The first-order valence-corrected chi connectivity index (χ1v) is 5.96. The van der Waals surface area contributed by atoms with E-state index < -0.39 is 5.97 Å². The number of nitrogens with two attached hydrogens (primary N) is 1. The molecule has 0 unspecified atom stereocenters. The minimum absolute atomic E-state index is 0.0964. The fourth-order valence-corrected chi connectivity index (χ4v) is 1.35. The second-order valence-corrected chi connectivity index (χ2v) is 3.86. The van der Waals surface area contributed by atoms with E-state index in [2.05, 4.69) is 17.2 Å². The minimum Gasteiger partial charge on any atom is -0.506 e. The smallest absolute Gasteiger partial charge is 0.343 e. The highest BCUT2D eigenvalue weighted by atomic mass is 32.1. The molecule has 0 aromatic heterocycles. The average Bonchev–Trinajstić information content (AvgIpc) is 2.39. The van der Waals surface area contributed by atoms with E-state index in [0.717, 1.165) is 6.21 Å². The lowest BCUT2D eigenvalue weighted by Crippen LogP contribution is -2.13. The molecule has 0 aliphatic carbocycles. The Balaban J connectivity index is 3.21. The molecule has 0 saturated heterocycles. The van der Waals surface area contributed by atoms with Crippen molar-refractivity contribution >= 4 is 35.3 Å². The van der Waals surface area contributed by atoms with Crippen LogP contribution in [-0.4, -0.2) is 29.0 Å². The van der Waals surface area contributed by atoms with E-state index in [0.29, 0.717) is 5.56 Å². The summed E-state index contributed by atoms with van der Waals surface area (Å²) in [7, 11) is 0. The number of carbonyl (C=O) groups excluding carboxylic acids is 1. The Morgan fingerprint density at radius 2 is 2.11 bits per heavy atom. The van der Waals surface area contributed by atoms with Crippen LogP contribution in [0.2, 0.25) is 0 Å². The first-order valence-electron chi connectivity index (χ1n) is 5.55. The summed E-state index contributed by atoms with van der Waals surface area (Å²) in [5.74, 6) is -0.928. The number of esters is 1. The van der Waals surface area contributed by atoms with Gasteiger partial charge in [0, 0.05) is 11.8 Å². The molecule has 1 aromatic rings. The van der Waals surface area contributed by atoms with Crippen LogP contribution in [0.1, 0.15) is 12.5 Å². The van der Waals surface area contributed by atoms with Gasteiger partial charge in [0.1, 0.15) is 11.3 Å². The van der Waals surface area contributed by atoms with Gasteiger partial charge < -0.3 is 15.6 Å². The zero-order chi connectivity index (χ0) is 14.3. The molecule has 0 radical (unpaired) electrons. The third kappa shape index (κ3) is 4.51. The van der Waals surface area contributed by atoms with Crippen molar-refractivity contribution in [3.8, 4) is 0 Å². The Morgan fingerprint density at radius 3 is 2.63 bits per heavy atom. The predicted octanol–water partition coefficient (Wildman–Crippen LogP) is 1.83. The van der Waals surface area contributed by atoms with Gasteiger partial charge >= 0.3 is 5.97 Å². The molecule has 1 aromatic carbocycles. The van der Waals surface area contributed by atoms with Gasteiger partial charge in [-0.3, -0.25) is 0 Å². The number of hydrogen-bond acceptors (Lipinski definition) is 4. The van der Waals surface area contributed by atoms with Gasteiger partial charge in [0.05, 0.1) is 6.61 Å². The van der Waals surface area contributed by atoms with E-state index in [1.54, 1.807) is 37.3 Å². The first kappa shape index (κ1) is 14.8. The second-order valence-electron chi connectivity index (χ2n) is 3.45. The van der Waals surface area contributed by atoms with E-state index >= 15 is 0 Å². The number of hydrogen-bond donors (Lipinski definition) is 2. The quantitative estimate of drug-likeness (QED) is 0.288. The number of thiocarbonyl (C=S) groups is 1. The van der Waals surface area contributed by atoms with Gasteiger partial charge in [0.15, 0.2) is 5.11 Å². The van der Waals surface area contributed by atoms with Gasteiger partial charge in [-0.15, -0.1) is 0 Å². The molecular formula is C13H14N2O3S. The number of nitrogens with zero attached hydrogens (tertiary/aromatic N) is 1. The highest BCUT2D eigenvalue weighted by molar-refractivity contribution is 7.80. The summed E-state index contributed by atoms with van der Waals surface area (Å²) >= 11 is 4.59. The highest BCUT2D eigenvalue weighted by Gasteiger charge is 2.16. The maximum Gasteiger partial charge on any atom is 0.343 e. The molecule has 19 heavy (non-hydrogen) atoms. The number of aliphatic hydroxyl groups excluding tert-OH is 1. The number of ether oxygens (including phenoxy) is 1. The third-order valence-corrected chi connectivity index (χ3v) is 2.22. The predicted molar refractivity (Wildman–Crippen MR) is 77.9 cm³/mol. The van der Waals surface area contributed by atoms with Gasteiger partial charge in [-0.05, 0) is 19.1 Å². The fraction of sp³-hybridized carbons (Fsp3) is 0.154. The normalized spacial score (nSPS) is 12.1. The zero-order valence-corrected chi connectivity index (χ0v) is 11.2. The number of aliphatic hydroxyl groups is 1. The van der Waals surface area contributed by atoms with E-state index in [9.17, 15) is 9.90 Å². The van der Waals surface area contributed by atoms with Crippen LogP contribution >= 0.6 is 12.2 Å². The standard InChI is InChI=1S/C13H14N2O3S/c1-2-18-12(17)10(8-15-13(14)19)11(16)9-6-4-3-5-7-9/h3-8,16H,2H2,1H3,(H2,14,19). The lowest BCUT2D eigenvalue weighted by Gasteiger charge is -2.06. The third-order valence-electron chi connectivity index (χ3n) is 2.12. The minimum atomic E-state index is -0.691. The highest BCUT2D eigenvalue weighted by Crippen LogP contribution is 2.15. The molecule has 1 rings (SSSR count). The molecule has 0 amide bonds.